The largest absolute Gasteiger partial charge is 0.368 e. The molecular weight excluding hydrogens is 310 g/mol. The van der Waals surface area contributed by atoms with Crippen LogP contribution in [0, 0.1) is 13.8 Å². The second kappa shape index (κ2) is 6.84. The number of carbonyl (C=O) groups is 2. The number of aryl methyl sites for hydroxylation is 2. The summed E-state index contributed by atoms with van der Waals surface area (Å²) in [4.78, 5) is 24.2. The minimum Gasteiger partial charge on any atom is -0.368 e. The Bertz CT molecular complexity index is 726. The third kappa shape index (κ3) is 3.46. The zero-order valence-electron chi connectivity index (χ0n) is 13.6. The Kier molecular flexibility index (Phi) is 4.61. The molecule has 126 valence electrons. The van der Waals surface area contributed by atoms with Gasteiger partial charge in [0.25, 0.3) is 11.8 Å². The summed E-state index contributed by atoms with van der Waals surface area (Å²) in [6.45, 7) is 4.04. The zero-order valence-corrected chi connectivity index (χ0v) is 13.6. The monoisotopic (exact) mass is 329 g/mol. The number of anilines is 2. The van der Waals surface area contributed by atoms with Crippen LogP contribution in [0.1, 0.15) is 34.7 Å². The van der Waals surface area contributed by atoms with Crippen LogP contribution in [-0.4, -0.2) is 29.7 Å². The van der Waals surface area contributed by atoms with Crippen LogP contribution in [0.25, 0.3) is 0 Å². The lowest BCUT2D eigenvalue weighted by Crippen LogP contribution is -2.26. The van der Waals surface area contributed by atoms with Crippen molar-refractivity contribution in [2.24, 2.45) is 0 Å². The maximum absolute atomic E-state index is 12.3. The van der Waals surface area contributed by atoms with E-state index in [1.807, 2.05) is 0 Å². The number of hydrogen-bond acceptors (Lipinski definition) is 5. The predicted octanol–water partition coefficient (Wildman–Crippen LogP) is 2.66. The van der Waals surface area contributed by atoms with Crippen molar-refractivity contribution in [3.8, 4) is 0 Å². The molecular formula is C17H19N3O4. The van der Waals surface area contributed by atoms with Crippen LogP contribution in [0.4, 0.5) is 11.4 Å². The fourth-order valence-corrected chi connectivity index (χ4v) is 2.64. The fourth-order valence-electron chi connectivity index (χ4n) is 2.64. The van der Waals surface area contributed by atoms with Gasteiger partial charge in [-0.25, -0.2) is 0 Å². The molecule has 2 amide bonds. The van der Waals surface area contributed by atoms with Crippen LogP contribution in [-0.2, 0) is 9.53 Å². The molecule has 1 atom stereocenters. The van der Waals surface area contributed by atoms with Crippen LogP contribution < -0.4 is 10.6 Å². The van der Waals surface area contributed by atoms with E-state index in [0.29, 0.717) is 35.0 Å². The summed E-state index contributed by atoms with van der Waals surface area (Å²) in [5.74, 6) is 0.0628. The van der Waals surface area contributed by atoms with E-state index in [2.05, 4.69) is 15.8 Å². The highest BCUT2D eigenvalue weighted by atomic mass is 16.5. The number of nitrogens with one attached hydrogen (secondary N) is 2. The maximum Gasteiger partial charge on any atom is 0.261 e. The van der Waals surface area contributed by atoms with Gasteiger partial charge in [0, 0.05) is 18.0 Å². The average Bonchev–Trinajstić information content (AvgIpc) is 3.19. The van der Waals surface area contributed by atoms with Gasteiger partial charge in [0.2, 0.25) is 0 Å². The Hall–Kier alpha value is -2.67. The van der Waals surface area contributed by atoms with Gasteiger partial charge in [0.15, 0.2) is 0 Å². The van der Waals surface area contributed by atoms with Gasteiger partial charge in [-0.05, 0) is 51.0 Å². The van der Waals surface area contributed by atoms with Gasteiger partial charge in [-0.3, -0.25) is 9.59 Å². The van der Waals surface area contributed by atoms with Gasteiger partial charge in [-0.2, -0.15) is 0 Å². The van der Waals surface area contributed by atoms with E-state index in [4.69, 9.17) is 9.26 Å². The van der Waals surface area contributed by atoms with E-state index in [1.165, 1.54) is 0 Å². The lowest BCUT2D eigenvalue weighted by atomic mass is 10.2. The summed E-state index contributed by atoms with van der Waals surface area (Å²) in [6.07, 6.45) is 1.28. The van der Waals surface area contributed by atoms with Crippen molar-refractivity contribution in [2.75, 3.05) is 17.2 Å². The first-order valence-corrected chi connectivity index (χ1v) is 7.81. The molecule has 1 aromatic carbocycles. The molecule has 2 heterocycles. The van der Waals surface area contributed by atoms with Gasteiger partial charge >= 0.3 is 0 Å². The Balaban J connectivity index is 1.62. The summed E-state index contributed by atoms with van der Waals surface area (Å²) in [6, 6.07) is 6.91. The molecule has 0 bridgehead atoms. The molecule has 3 rings (SSSR count). The predicted molar refractivity (Wildman–Crippen MR) is 88.0 cm³/mol. The van der Waals surface area contributed by atoms with Gasteiger partial charge in [-0.15, -0.1) is 0 Å². The number of amides is 2. The first kappa shape index (κ1) is 16.2. The third-order valence-electron chi connectivity index (χ3n) is 3.89. The first-order chi connectivity index (χ1) is 11.5. The van der Waals surface area contributed by atoms with Crippen molar-refractivity contribution in [1.82, 2.24) is 5.16 Å². The van der Waals surface area contributed by atoms with E-state index >= 15 is 0 Å². The van der Waals surface area contributed by atoms with Gasteiger partial charge in [0.1, 0.15) is 17.4 Å². The summed E-state index contributed by atoms with van der Waals surface area (Å²) >= 11 is 0. The van der Waals surface area contributed by atoms with Gasteiger partial charge < -0.3 is 19.9 Å². The van der Waals surface area contributed by atoms with E-state index < -0.39 is 0 Å². The number of nitrogens with zero attached hydrogens (tertiary/aromatic N) is 1. The van der Waals surface area contributed by atoms with Crippen molar-refractivity contribution in [1.29, 1.82) is 0 Å². The number of hydrogen-bond donors (Lipinski definition) is 2. The highest BCUT2D eigenvalue weighted by Crippen LogP contribution is 2.19. The normalized spacial score (nSPS) is 16.8. The smallest absolute Gasteiger partial charge is 0.261 e. The van der Waals surface area contributed by atoms with Crippen molar-refractivity contribution < 1.29 is 18.8 Å². The Labute approximate surface area is 139 Å². The standard InChI is InChI=1S/C17H19N3O4/c1-10-15(11(2)24-20-10)17(22)19-13-7-5-12(6-8-13)18-16(21)14-4-3-9-23-14/h5-8,14H,3-4,9H2,1-2H3,(H,18,21)(H,19,22)/t14-/m0/s1. The van der Waals surface area contributed by atoms with Crippen LogP contribution in [0.2, 0.25) is 0 Å². The second-order valence-electron chi connectivity index (χ2n) is 5.72. The molecule has 0 unspecified atom stereocenters. The third-order valence-corrected chi connectivity index (χ3v) is 3.89. The van der Waals surface area contributed by atoms with Crippen molar-refractivity contribution in [2.45, 2.75) is 32.8 Å². The number of ether oxygens (including phenoxy) is 1. The lowest BCUT2D eigenvalue weighted by Gasteiger charge is -2.11. The summed E-state index contributed by atoms with van der Waals surface area (Å²) in [5, 5.41) is 9.36. The molecule has 24 heavy (non-hydrogen) atoms. The summed E-state index contributed by atoms with van der Waals surface area (Å²) < 4.78 is 10.3. The van der Waals surface area contributed by atoms with Crippen LogP contribution >= 0.6 is 0 Å². The Morgan fingerprint density at radius 2 is 1.79 bits per heavy atom. The van der Waals surface area contributed by atoms with E-state index in [-0.39, 0.29) is 17.9 Å². The topological polar surface area (TPSA) is 93.5 Å². The Morgan fingerprint density at radius 1 is 1.12 bits per heavy atom. The maximum atomic E-state index is 12.3. The molecule has 0 spiro atoms. The molecule has 7 nitrogen and oxygen atoms in total. The number of aromatic nitrogens is 1. The fraction of sp³-hybridized carbons (Fsp3) is 0.353. The minimum absolute atomic E-state index is 0.139. The average molecular weight is 329 g/mol. The van der Waals surface area contributed by atoms with Crippen LogP contribution in [0.15, 0.2) is 28.8 Å². The molecule has 1 saturated heterocycles. The van der Waals surface area contributed by atoms with E-state index in [1.54, 1.807) is 38.1 Å². The molecule has 1 aliphatic rings. The molecule has 2 N–H and O–H groups in total. The Morgan fingerprint density at radius 3 is 2.33 bits per heavy atom. The first-order valence-electron chi connectivity index (χ1n) is 7.81. The molecule has 1 aliphatic heterocycles. The SMILES string of the molecule is Cc1noc(C)c1C(=O)Nc1ccc(NC(=O)[C@@H]2CCCO2)cc1. The molecule has 0 radical (unpaired) electrons. The highest BCUT2D eigenvalue weighted by molar-refractivity contribution is 6.05. The molecule has 1 aromatic heterocycles. The number of carbonyl (C=O) groups excluding carboxylic acids is 2. The number of benzene rings is 1. The lowest BCUT2D eigenvalue weighted by molar-refractivity contribution is -0.124. The number of rotatable bonds is 4. The van der Waals surface area contributed by atoms with Crippen molar-refractivity contribution in [3.63, 3.8) is 0 Å². The van der Waals surface area contributed by atoms with Gasteiger partial charge in [0.05, 0.1) is 5.69 Å². The molecule has 0 aliphatic carbocycles. The molecule has 7 heteroatoms. The van der Waals surface area contributed by atoms with Crippen molar-refractivity contribution >= 4 is 23.2 Å². The molecule has 0 saturated carbocycles. The van der Waals surface area contributed by atoms with E-state index in [9.17, 15) is 9.59 Å². The van der Waals surface area contributed by atoms with Crippen molar-refractivity contribution in [3.05, 3.63) is 41.3 Å². The highest BCUT2D eigenvalue weighted by Gasteiger charge is 2.23. The second-order valence-corrected chi connectivity index (χ2v) is 5.72. The van der Waals surface area contributed by atoms with E-state index in [0.717, 1.165) is 12.8 Å². The van der Waals surface area contributed by atoms with Crippen LogP contribution in [0.5, 0.6) is 0 Å². The molecule has 1 fully saturated rings. The van der Waals surface area contributed by atoms with Crippen LogP contribution in [0.3, 0.4) is 0 Å². The molecule has 2 aromatic rings. The minimum atomic E-state index is -0.371. The van der Waals surface area contributed by atoms with Gasteiger partial charge in [-0.1, -0.05) is 5.16 Å². The quantitative estimate of drug-likeness (QED) is 0.899. The summed E-state index contributed by atoms with van der Waals surface area (Å²) in [5.41, 5.74) is 2.26. The summed E-state index contributed by atoms with van der Waals surface area (Å²) in [7, 11) is 0. The zero-order chi connectivity index (χ0) is 17.1.